The van der Waals surface area contributed by atoms with E-state index < -0.39 is 11.9 Å². The maximum Gasteiger partial charge on any atom is 0.231 e. The first-order valence-electron chi connectivity index (χ1n) is 6.60. The van der Waals surface area contributed by atoms with Gasteiger partial charge in [-0.25, -0.2) is 4.39 Å². The van der Waals surface area contributed by atoms with Crippen LogP contribution in [0.4, 0.5) is 4.39 Å². The van der Waals surface area contributed by atoms with Crippen LogP contribution in [0.25, 0.3) is 0 Å². The molecule has 2 aliphatic rings. The fourth-order valence-electron chi connectivity index (χ4n) is 2.60. The van der Waals surface area contributed by atoms with Gasteiger partial charge < -0.3 is 14.2 Å². The average molecular weight is 286 g/mol. The minimum Gasteiger partial charge on any atom is -0.484 e. The molecule has 0 fully saturated rings. The molecule has 4 nitrogen and oxygen atoms in total. The molecule has 0 saturated carbocycles. The first kappa shape index (κ1) is 12.2. The highest BCUT2D eigenvalue weighted by Crippen LogP contribution is 2.39. The van der Waals surface area contributed by atoms with Crippen molar-refractivity contribution >= 4 is 5.78 Å². The second kappa shape index (κ2) is 4.48. The Balaban J connectivity index is 1.70. The van der Waals surface area contributed by atoms with E-state index in [9.17, 15) is 9.18 Å². The lowest BCUT2D eigenvalue weighted by molar-refractivity contribution is 0.0849. The Morgan fingerprint density at radius 3 is 2.76 bits per heavy atom. The highest BCUT2D eigenvalue weighted by atomic mass is 19.1. The van der Waals surface area contributed by atoms with Crippen LogP contribution in [0.5, 0.6) is 17.2 Å². The van der Waals surface area contributed by atoms with Gasteiger partial charge >= 0.3 is 0 Å². The summed E-state index contributed by atoms with van der Waals surface area (Å²) in [4.78, 5) is 12.2. The van der Waals surface area contributed by atoms with E-state index in [0.29, 0.717) is 17.1 Å². The zero-order chi connectivity index (χ0) is 14.4. The molecule has 5 heteroatoms. The molecule has 21 heavy (non-hydrogen) atoms. The molecule has 106 valence electrons. The van der Waals surface area contributed by atoms with Crippen molar-refractivity contribution in [2.45, 2.75) is 12.5 Å². The molecule has 0 spiro atoms. The molecule has 0 aliphatic carbocycles. The number of carbonyl (C=O) groups excluding carboxylic acids is 1. The number of fused-ring (bicyclic) bond motifs is 2. The van der Waals surface area contributed by atoms with Crippen LogP contribution in [0.3, 0.4) is 0 Å². The van der Waals surface area contributed by atoms with Gasteiger partial charge in [-0.05, 0) is 29.8 Å². The predicted octanol–water partition coefficient (Wildman–Crippen LogP) is 3.26. The van der Waals surface area contributed by atoms with Crippen molar-refractivity contribution < 1.29 is 23.4 Å². The van der Waals surface area contributed by atoms with Crippen LogP contribution in [0.15, 0.2) is 36.4 Å². The fourth-order valence-corrected chi connectivity index (χ4v) is 2.60. The van der Waals surface area contributed by atoms with Gasteiger partial charge in [0.15, 0.2) is 17.3 Å². The largest absolute Gasteiger partial charge is 0.484 e. The van der Waals surface area contributed by atoms with E-state index in [2.05, 4.69) is 0 Å². The maximum atomic E-state index is 13.3. The highest BCUT2D eigenvalue weighted by molar-refractivity contribution is 6.00. The van der Waals surface area contributed by atoms with E-state index in [1.807, 2.05) is 6.07 Å². The normalized spacial score (nSPS) is 19.1. The summed E-state index contributed by atoms with van der Waals surface area (Å²) in [5.41, 5.74) is 1.23. The van der Waals surface area contributed by atoms with E-state index in [-0.39, 0.29) is 24.7 Å². The van der Waals surface area contributed by atoms with Crippen molar-refractivity contribution in [3.05, 3.63) is 53.3 Å². The molecule has 0 saturated heterocycles. The molecule has 1 atom stereocenters. The Labute approximate surface area is 120 Å². The zero-order valence-electron chi connectivity index (χ0n) is 11.0. The van der Waals surface area contributed by atoms with E-state index in [4.69, 9.17) is 14.2 Å². The minimum atomic E-state index is -0.443. The van der Waals surface area contributed by atoms with Crippen molar-refractivity contribution in [2.24, 2.45) is 0 Å². The molecular formula is C16H11FO4. The number of carbonyl (C=O) groups is 1. The molecule has 0 amide bonds. The predicted molar refractivity (Wildman–Crippen MR) is 71.3 cm³/mol. The number of hydrogen-bond donors (Lipinski definition) is 0. The number of rotatable bonds is 1. The SMILES string of the molecule is O=C1CC(c2ccc3c(c2)OCO3)Oc2cc(F)ccc21. The number of ketones is 1. The Morgan fingerprint density at radius 2 is 1.86 bits per heavy atom. The van der Waals surface area contributed by atoms with Gasteiger partial charge in [-0.15, -0.1) is 0 Å². The van der Waals surface area contributed by atoms with Crippen LogP contribution in [0.1, 0.15) is 28.4 Å². The molecule has 2 aliphatic heterocycles. The smallest absolute Gasteiger partial charge is 0.231 e. The lowest BCUT2D eigenvalue weighted by Crippen LogP contribution is -2.20. The van der Waals surface area contributed by atoms with Gasteiger partial charge in [0, 0.05) is 6.07 Å². The lowest BCUT2D eigenvalue weighted by atomic mass is 9.96. The van der Waals surface area contributed by atoms with Gasteiger partial charge in [0.25, 0.3) is 0 Å². The van der Waals surface area contributed by atoms with E-state index in [0.717, 1.165) is 5.56 Å². The van der Waals surface area contributed by atoms with Crippen molar-refractivity contribution in [3.63, 3.8) is 0 Å². The van der Waals surface area contributed by atoms with Gasteiger partial charge in [-0.2, -0.15) is 0 Å². The second-order valence-electron chi connectivity index (χ2n) is 4.99. The summed E-state index contributed by atoms with van der Waals surface area (Å²) in [5.74, 6) is 1.11. The highest BCUT2D eigenvalue weighted by Gasteiger charge is 2.29. The standard InChI is InChI=1S/C16H11FO4/c17-10-2-3-11-12(18)7-14(21-15(11)6-10)9-1-4-13-16(5-9)20-8-19-13/h1-6,14H,7-8H2. The number of ether oxygens (including phenoxy) is 3. The Morgan fingerprint density at radius 1 is 1.00 bits per heavy atom. The Kier molecular flexibility index (Phi) is 2.60. The fraction of sp³-hybridized carbons (Fsp3) is 0.188. The molecule has 0 radical (unpaired) electrons. The van der Waals surface area contributed by atoms with Gasteiger partial charge in [-0.1, -0.05) is 6.07 Å². The van der Waals surface area contributed by atoms with Crippen LogP contribution in [-0.2, 0) is 0 Å². The molecule has 2 aromatic carbocycles. The summed E-state index contributed by atoms with van der Waals surface area (Å²) in [6.07, 6.45) is -0.223. The third kappa shape index (κ3) is 2.01. The Bertz CT molecular complexity index is 741. The topological polar surface area (TPSA) is 44.8 Å². The summed E-state index contributed by atoms with van der Waals surface area (Å²) in [6, 6.07) is 9.38. The summed E-state index contributed by atoms with van der Waals surface area (Å²) in [7, 11) is 0. The quantitative estimate of drug-likeness (QED) is 0.807. The summed E-state index contributed by atoms with van der Waals surface area (Å²) >= 11 is 0. The molecule has 0 aromatic heterocycles. The van der Waals surface area contributed by atoms with E-state index >= 15 is 0 Å². The monoisotopic (exact) mass is 286 g/mol. The number of hydrogen-bond acceptors (Lipinski definition) is 4. The van der Waals surface area contributed by atoms with Crippen molar-refractivity contribution in [1.29, 1.82) is 0 Å². The first-order chi connectivity index (χ1) is 10.2. The molecule has 0 N–H and O–H groups in total. The second-order valence-corrected chi connectivity index (χ2v) is 4.99. The molecule has 2 aromatic rings. The van der Waals surface area contributed by atoms with Crippen LogP contribution in [0.2, 0.25) is 0 Å². The van der Waals surface area contributed by atoms with Gasteiger partial charge in [0.1, 0.15) is 17.7 Å². The lowest BCUT2D eigenvalue weighted by Gasteiger charge is -2.25. The summed E-state index contributed by atoms with van der Waals surface area (Å²) in [6.45, 7) is 0.192. The van der Waals surface area contributed by atoms with Crippen LogP contribution < -0.4 is 14.2 Å². The van der Waals surface area contributed by atoms with Crippen LogP contribution in [0, 0.1) is 5.82 Å². The molecule has 4 rings (SSSR count). The summed E-state index contributed by atoms with van der Waals surface area (Å²) in [5, 5.41) is 0. The Hall–Kier alpha value is -2.56. The number of benzene rings is 2. The van der Waals surface area contributed by atoms with Crippen LogP contribution >= 0.6 is 0 Å². The van der Waals surface area contributed by atoms with Crippen molar-refractivity contribution in [2.75, 3.05) is 6.79 Å². The number of halogens is 1. The van der Waals surface area contributed by atoms with Crippen molar-refractivity contribution in [1.82, 2.24) is 0 Å². The zero-order valence-corrected chi connectivity index (χ0v) is 11.0. The van der Waals surface area contributed by atoms with Crippen molar-refractivity contribution in [3.8, 4) is 17.2 Å². The minimum absolute atomic E-state index is 0.0566. The molecular weight excluding hydrogens is 275 g/mol. The summed E-state index contributed by atoms with van der Waals surface area (Å²) < 4.78 is 29.7. The average Bonchev–Trinajstić information content (AvgIpc) is 2.94. The van der Waals surface area contributed by atoms with Gasteiger partial charge in [-0.3, -0.25) is 4.79 Å². The molecule has 1 unspecified atom stereocenters. The first-order valence-corrected chi connectivity index (χ1v) is 6.60. The van der Waals surface area contributed by atoms with Gasteiger partial charge in [0.05, 0.1) is 12.0 Å². The maximum absolute atomic E-state index is 13.3. The van der Waals surface area contributed by atoms with E-state index in [1.165, 1.54) is 18.2 Å². The van der Waals surface area contributed by atoms with E-state index in [1.54, 1.807) is 12.1 Å². The third-order valence-electron chi connectivity index (χ3n) is 3.65. The van der Waals surface area contributed by atoms with Gasteiger partial charge in [0.2, 0.25) is 6.79 Å². The molecule has 2 heterocycles. The third-order valence-corrected chi connectivity index (χ3v) is 3.65. The molecule has 0 bridgehead atoms. The number of Topliss-reactive ketones (excluding diaryl/α,β-unsaturated/α-hetero) is 1. The van der Waals surface area contributed by atoms with Crippen LogP contribution in [-0.4, -0.2) is 12.6 Å².